The molecule has 0 amide bonds. The Morgan fingerprint density at radius 3 is 2.56 bits per heavy atom. The minimum atomic E-state index is -0.0398. The molecule has 4 atom stereocenters. The average molecular weight is 245 g/mol. The van der Waals surface area contributed by atoms with Crippen LogP contribution in [-0.4, -0.2) is 29.7 Å². The van der Waals surface area contributed by atoms with Crippen LogP contribution in [0.3, 0.4) is 0 Å². The molecule has 1 aromatic carbocycles. The van der Waals surface area contributed by atoms with E-state index in [4.69, 9.17) is 0 Å². The summed E-state index contributed by atoms with van der Waals surface area (Å²) in [7, 11) is 2.17. The molecule has 2 saturated carbocycles. The van der Waals surface area contributed by atoms with Crippen LogP contribution in [0.4, 0.5) is 0 Å². The molecule has 0 radical (unpaired) electrons. The van der Waals surface area contributed by atoms with E-state index in [1.807, 2.05) is 0 Å². The summed E-state index contributed by atoms with van der Waals surface area (Å²) >= 11 is 0. The van der Waals surface area contributed by atoms with E-state index in [1.54, 1.807) is 0 Å². The van der Waals surface area contributed by atoms with Crippen LogP contribution in [0.5, 0.6) is 0 Å². The molecule has 2 nitrogen and oxygen atoms in total. The van der Waals surface area contributed by atoms with Crippen molar-refractivity contribution < 1.29 is 5.11 Å². The lowest BCUT2D eigenvalue weighted by Gasteiger charge is -2.31. The maximum Gasteiger partial charge on any atom is 0.0611 e. The Kier molecular flexibility index (Phi) is 3.40. The Morgan fingerprint density at radius 2 is 1.89 bits per heavy atom. The highest BCUT2D eigenvalue weighted by atomic mass is 16.3. The molecule has 2 heteroatoms. The van der Waals surface area contributed by atoms with E-state index in [0.717, 1.165) is 19.0 Å². The number of hydrogen-bond donors (Lipinski definition) is 1. The Hall–Kier alpha value is -0.860. The maximum absolute atomic E-state index is 10.3. The summed E-state index contributed by atoms with van der Waals surface area (Å²) in [5, 5.41) is 10.3. The predicted octanol–water partition coefficient (Wildman–Crippen LogP) is 2.53. The summed E-state index contributed by atoms with van der Waals surface area (Å²) in [5.74, 6) is 1.89. The van der Waals surface area contributed by atoms with Crippen LogP contribution in [0.15, 0.2) is 30.3 Å². The van der Waals surface area contributed by atoms with E-state index in [-0.39, 0.29) is 6.10 Å². The van der Waals surface area contributed by atoms with Gasteiger partial charge in [-0.25, -0.2) is 0 Å². The molecular formula is C16H23NO. The number of hydrogen-bond acceptors (Lipinski definition) is 2. The molecule has 1 N–H and O–H groups in total. The molecule has 0 unspecified atom stereocenters. The first-order valence-corrected chi connectivity index (χ1v) is 7.14. The van der Waals surface area contributed by atoms with Crippen LogP contribution in [-0.2, 0) is 6.54 Å². The standard InChI is InChI=1S/C16H23NO/c1-17(10-12-5-3-2-4-6-12)11-15-13-7-8-14(9-13)16(15)18/h2-6,13-16,18H,7-11H2,1H3/t13-,14+,15-,16+/m1/s1. The first-order chi connectivity index (χ1) is 8.74. The van der Waals surface area contributed by atoms with E-state index in [2.05, 4.69) is 42.3 Å². The molecule has 2 bridgehead atoms. The summed E-state index contributed by atoms with van der Waals surface area (Å²) in [6.07, 6.45) is 3.82. The lowest BCUT2D eigenvalue weighted by atomic mass is 9.86. The van der Waals surface area contributed by atoms with Crippen LogP contribution < -0.4 is 0 Å². The van der Waals surface area contributed by atoms with Crippen LogP contribution in [0.2, 0.25) is 0 Å². The highest BCUT2D eigenvalue weighted by molar-refractivity contribution is 5.14. The number of nitrogens with zero attached hydrogens (tertiary/aromatic N) is 1. The minimum absolute atomic E-state index is 0.0398. The third-order valence-electron chi connectivity index (χ3n) is 4.86. The molecule has 3 rings (SSSR count). The number of benzene rings is 1. The van der Waals surface area contributed by atoms with E-state index in [0.29, 0.717) is 11.8 Å². The molecule has 0 spiro atoms. The zero-order valence-corrected chi connectivity index (χ0v) is 11.1. The van der Waals surface area contributed by atoms with Crippen LogP contribution in [0.1, 0.15) is 24.8 Å². The predicted molar refractivity (Wildman–Crippen MR) is 73.1 cm³/mol. The van der Waals surface area contributed by atoms with Crippen molar-refractivity contribution in [2.75, 3.05) is 13.6 Å². The zero-order chi connectivity index (χ0) is 12.5. The lowest BCUT2D eigenvalue weighted by molar-refractivity contribution is 0.0410. The fourth-order valence-corrected chi connectivity index (χ4v) is 3.96. The van der Waals surface area contributed by atoms with Gasteiger partial charge >= 0.3 is 0 Å². The van der Waals surface area contributed by atoms with Crippen LogP contribution in [0, 0.1) is 17.8 Å². The van der Waals surface area contributed by atoms with Gasteiger partial charge in [0.25, 0.3) is 0 Å². The first-order valence-electron chi connectivity index (χ1n) is 7.14. The van der Waals surface area contributed by atoms with Gasteiger partial charge in [0, 0.05) is 19.0 Å². The van der Waals surface area contributed by atoms with Crippen molar-refractivity contribution in [2.45, 2.75) is 31.9 Å². The summed E-state index contributed by atoms with van der Waals surface area (Å²) in [5.41, 5.74) is 1.36. The average Bonchev–Trinajstić information content (AvgIpc) is 2.94. The number of aliphatic hydroxyl groups is 1. The van der Waals surface area contributed by atoms with Crippen molar-refractivity contribution in [3.63, 3.8) is 0 Å². The van der Waals surface area contributed by atoms with Gasteiger partial charge in [0.15, 0.2) is 0 Å². The second-order valence-corrected chi connectivity index (χ2v) is 6.17. The Balaban J connectivity index is 1.57. The quantitative estimate of drug-likeness (QED) is 0.881. The van der Waals surface area contributed by atoms with E-state index in [9.17, 15) is 5.11 Å². The largest absolute Gasteiger partial charge is 0.392 e. The van der Waals surface area contributed by atoms with Crippen molar-refractivity contribution in [1.29, 1.82) is 0 Å². The molecule has 1 aromatic rings. The molecule has 18 heavy (non-hydrogen) atoms. The van der Waals surface area contributed by atoms with Crippen molar-refractivity contribution >= 4 is 0 Å². The molecule has 0 saturated heterocycles. The van der Waals surface area contributed by atoms with Crippen molar-refractivity contribution in [1.82, 2.24) is 4.90 Å². The van der Waals surface area contributed by atoms with Gasteiger partial charge in [-0.1, -0.05) is 30.3 Å². The van der Waals surface area contributed by atoms with Crippen molar-refractivity contribution in [3.05, 3.63) is 35.9 Å². The highest BCUT2D eigenvalue weighted by Crippen LogP contribution is 2.48. The lowest BCUT2D eigenvalue weighted by Crippen LogP contribution is -2.36. The number of fused-ring (bicyclic) bond motifs is 2. The van der Waals surface area contributed by atoms with Gasteiger partial charge in [0.1, 0.15) is 0 Å². The molecule has 0 aromatic heterocycles. The van der Waals surface area contributed by atoms with E-state index >= 15 is 0 Å². The molecule has 0 heterocycles. The summed E-state index contributed by atoms with van der Waals surface area (Å²) in [6, 6.07) is 10.6. The molecule has 0 aliphatic heterocycles. The Morgan fingerprint density at radius 1 is 1.17 bits per heavy atom. The minimum Gasteiger partial charge on any atom is -0.392 e. The monoisotopic (exact) mass is 245 g/mol. The summed E-state index contributed by atoms with van der Waals surface area (Å²) in [4.78, 5) is 2.37. The van der Waals surface area contributed by atoms with E-state index in [1.165, 1.54) is 24.8 Å². The van der Waals surface area contributed by atoms with Gasteiger partial charge in [0.2, 0.25) is 0 Å². The van der Waals surface area contributed by atoms with Crippen LogP contribution in [0.25, 0.3) is 0 Å². The SMILES string of the molecule is CN(Cc1ccccc1)C[C@@H]1[C@@H]2CC[C@@H](C2)[C@@H]1O. The Labute approximate surface area is 110 Å². The third-order valence-corrected chi connectivity index (χ3v) is 4.86. The summed E-state index contributed by atoms with van der Waals surface area (Å²) in [6.45, 7) is 2.03. The highest BCUT2D eigenvalue weighted by Gasteiger charge is 2.46. The van der Waals surface area contributed by atoms with Crippen LogP contribution >= 0.6 is 0 Å². The second kappa shape index (κ2) is 5.02. The number of rotatable bonds is 4. The molecule has 2 aliphatic rings. The van der Waals surface area contributed by atoms with Gasteiger partial charge in [0.05, 0.1) is 6.10 Å². The van der Waals surface area contributed by atoms with Gasteiger partial charge in [-0.05, 0) is 43.7 Å². The van der Waals surface area contributed by atoms with Crippen molar-refractivity contribution in [3.8, 4) is 0 Å². The van der Waals surface area contributed by atoms with Gasteiger partial charge < -0.3 is 10.0 Å². The first kappa shape index (κ1) is 12.2. The fourth-order valence-electron chi connectivity index (χ4n) is 3.96. The zero-order valence-electron chi connectivity index (χ0n) is 11.1. The normalized spacial score (nSPS) is 34.4. The smallest absolute Gasteiger partial charge is 0.0611 e. The molecule has 2 aliphatic carbocycles. The Bertz CT molecular complexity index is 389. The maximum atomic E-state index is 10.3. The molecule has 2 fully saturated rings. The fraction of sp³-hybridized carbons (Fsp3) is 0.625. The molecular weight excluding hydrogens is 222 g/mol. The van der Waals surface area contributed by atoms with Crippen molar-refractivity contribution in [2.24, 2.45) is 17.8 Å². The topological polar surface area (TPSA) is 23.5 Å². The molecule has 98 valence electrons. The second-order valence-electron chi connectivity index (χ2n) is 6.17. The van der Waals surface area contributed by atoms with Gasteiger partial charge in [-0.3, -0.25) is 0 Å². The summed E-state index contributed by atoms with van der Waals surface area (Å²) < 4.78 is 0. The number of aliphatic hydroxyl groups excluding tert-OH is 1. The van der Waals surface area contributed by atoms with Gasteiger partial charge in [-0.15, -0.1) is 0 Å². The third kappa shape index (κ3) is 2.32. The van der Waals surface area contributed by atoms with Gasteiger partial charge in [-0.2, -0.15) is 0 Å². The van der Waals surface area contributed by atoms with E-state index < -0.39 is 0 Å².